The Morgan fingerprint density at radius 3 is 2.64 bits per heavy atom. The Balaban J connectivity index is 2.56. The van der Waals surface area contributed by atoms with Gasteiger partial charge in [-0.2, -0.15) is 0 Å². The lowest BCUT2D eigenvalue weighted by Crippen LogP contribution is -2.35. The summed E-state index contributed by atoms with van der Waals surface area (Å²) in [6, 6.07) is 0.264. The molecule has 3 nitrogen and oxygen atoms in total. The molecule has 0 aromatic rings. The Morgan fingerprint density at radius 1 is 1.64 bits per heavy atom. The van der Waals surface area contributed by atoms with Crippen molar-refractivity contribution in [3.63, 3.8) is 0 Å². The smallest absolute Gasteiger partial charge is 0.282 e. The molecule has 1 amide bonds. The number of carbonyl (C=O) groups excluding carboxylic acids is 1. The topological polar surface area (TPSA) is 40.5 Å². The van der Waals surface area contributed by atoms with Crippen molar-refractivity contribution in [1.82, 2.24) is 4.90 Å². The Morgan fingerprint density at radius 2 is 2.27 bits per heavy atom. The number of hydrogen-bond acceptors (Lipinski definition) is 3. The number of amides is 1. The maximum Gasteiger partial charge on any atom is 0.282 e. The molecule has 11 heavy (non-hydrogen) atoms. The molecular weight excluding hydrogens is 162 g/mol. The first-order valence-electron chi connectivity index (χ1n) is 3.75. The van der Waals surface area contributed by atoms with E-state index < -0.39 is 0 Å². The molecule has 1 aliphatic heterocycles. The van der Waals surface area contributed by atoms with Crippen LogP contribution in [0.4, 0.5) is 4.79 Å². The van der Waals surface area contributed by atoms with Crippen molar-refractivity contribution >= 4 is 17.0 Å². The van der Waals surface area contributed by atoms with Crippen LogP contribution in [-0.2, 0) is 0 Å². The second-order valence-electron chi connectivity index (χ2n) is 2.75. The molecule has 0 aromatic heterocycles. The second kappa shape index (κ2) is 3.45. The van der Waals surface area contributed by atoms with Crippen LogP contribution in [-0.4, -0.2) is 39.7 Å². The predicted molar refractivity (Wildman–Crippen MR) is 45.7 cm³/mol. The van der Waals surface area contributed by atoms with Gasteiger partial charge in [-0.05, 0) is 6.92 Å². The molecule has 0 saturated carbocycles. The van der Waals surface area contributed by atoms with Crippen LogP contribution in [0.3, 0.4) is 0 Å². The number of rotatable bonds is 2. The summed E-state index contributed by atoms with van der Waals surface area (Å²) in [6.45, 7) is 4.57. The summed E-state index contributed by atoms with van der Waals surface area (Å²) in [5, 5.41) is 9.10. The number of nitrogens with zero attached hydrogens (tertiary/aromatic N) is 1. The minimum atomic E-state index is 0.0589. The van der Waals surface area contributed by atoms with E-state index >= 15 is 0 Å². The maximum absolute atomic E-state index is 11.2. The lowest BCUT2D eigenvalue weighted by Gasteiger charge is -2.20. The molecule has 1 fully saturated rings. The molecule has 0 radical (unpaired) electrons. The molecule has 1 heterocycles. The molecule has 2 unspecified atom stereocenters. The standard InChI is InChI=1S/C7H13NO2S/c1-5-6(2)11-7(10)8(5)3-4-9/h5-6,9H,3-4H2,1-2H3. The summed E-state index contributed by atoms with van der Waals surface area (Å²) in [7, 11) is 0. The van der Waals surface area contributed by atoms with Crippen LogP contribution in [0.1, 0.15) is 13.8 Å². The largest absolute Gasteiger partial charge is 0.395 e. The van der Waals surface area contributed by atoms with E-state index in [1.807, 2.05) is 13.8 Å². The second-order valence-corrected chi connectivity index (χ2v) is 4.07. The van der Waals surface area contributed by atoms with E-state index in [4.69, 9.17) is 5.11 Å². The monoisotopic (exact) mass is 175 g/mol. The van der Waals surface area contributed by atoms with Crippen molar-refractivity contribution < 1.29 is 9.90 Å². The zero-order valence-corrected chi connectivity index (χ0v) is 7.60. The van der Waals surface area contributed by atoms with Gasteiger partial charge in [-0.3, -0.25) is 4.79 Å². The minimum Gasteiger partial charge on any atom is -0.395 e. The first kappa shape index (κ1) is 8.87. The van der Waals surface area contributed by atoms with E-state index in [1.54, 1.807) is 4.90 Å². The maximum atomic E-state index is 11.2. The van der Waals surface area contributed by atoms with Crippen molar-refractivity contribution in [2.75, 3.05) is 13.2 Å². The summed E-state index contributed by atoms with van der Waals surface area (Å²) in [5.41, 5.74) is 0. The average molecular weight is 175 g/mol. The number of aliphatic hydroxyl groups is 1. The normalized spacial score (nSPS) is 31.5. The first-order valence-corrected chi connectivity index (χ1v) is 4.63. The molecule has 1 N–H and O–H groups in total. The summed E-state index contributed by atoms with van der Waals surface area (Å²) in [5.74, 6) is 0. The van der Waals surface area contributed by atoms with Gasteiger partial charge in [0.1, 0.15) is 0 Å². The van der Waals surface area contributed by atoms with Crippen LogP contribution in [0.15, 0.2) is 0 Å². The number of hydrogen-bond donors (Lipinski definition) is 1. The molecular formula is C7H13NO2S. The molecule has 0 spiro atoms. The molecule has 0 bridgehead atoms. The van der Waals surface area contributed by atoms with Gasteiger partial charge in [0, 0.05) is 17.8 Å². The highest BCUT2D eigenvalue weighted by Gasteiger charge is 2.33. The average Bonchev–Trinajstić information content (AvgIpc) is 2.17. The van der Waals surface area contributed by atoms with Gasteiger partial charge in [-0.25, -0.2) is 0 Å². The molecule has 1 aliphatic rings. The van der Waals surface area contributed by atoms with Crippen molar-refractivity contribution in [2.24, 2.45) is 0 Å². The summed E-state index contributed by atoms with van der Waals surface area (Å²) >= 11 is 1.35. The Kier molecular flexibility index (Phi) is 2.78. The highest BCUT2D eigenvalue weighted by Crippen LogP contribution is 2.30. The van der Waals surface area contributed by atoms with E-state index in [-0.39, 0.29) is 17.9 Å². The minimum absolute atomic E-state index is 0.0589. The fourth-order valence-corrected chi connectivity index (χ4v) is 2.20. The summed E-state index contributed by atoms with van der Waals surface area (Å²) in [6.07, 6.45) is 0. The lowest BCUT2D eigenvalue weighted by atomic mass is 10.2. The van der Waals surface area contributed by atoms with E-state index in [1.165, 1.54) is 11.8 Å². The number of carbonyl (C=O) groups is 1. The van der Waals surface area contributed by atoms with E-state index in [2.05, 4.69) is 0 Å². The Hall–Kier alpha value is -0.220. The van der Waals surface area contributed by atoms with Crippen LogP contribution >= 0.6 is 11.8 Å². The zero-order chi connectivity index (χ0) is 8.43. The SMILES string of the molecule is CC1SC(=O)N(CCO)C1C. The number of aliphatic hydroxyl groups excluding tert-OH is 1. The molecule has 1 rings (SSSR count). The molecule has 0 aliphatic carbocycles. The van der Waals surface area contributed by atoms with Gasteiger partial charge < -0.3 is 10.0 Å². The first-order chi connectivity index (χ1) is 5.16. The van der Waals surface area contributed by atoms with Crippen molar-refractivity contribution in [1.29, 1.82) is 0 Å². The van der Waals surface area contributed by atoms with Crippen LogP contribution in [0.25, 0.3) is 0 Å². The Bertz CT molecular complexity index is 163. The van der Waals surface area contributed by atoms with Crippen molar-refractivity contribution in [3.05, 3.63) is 0 Å². The Labute approximate surface area is 70.8 Å². The molecule has 64 valence electrons. The van der Waals surface area contributed by atoms with E-state index in [0.717, 1.165) is 0 Å². The molecule has 1 saturated heterocycles. The molecule has 2 atom stereocenters. The third-order valence-electron chi connectivity index (χ3n) is 2.03. The van der Waals surface area contributed by atoms with Gasteiger partial charge in [0.05, 0.1) is 6.61 Å². The zero-order valence-electron chi connectivity index (χ0n) is 6.78. The van der Waals surface area contributed by atoms with Gasteiger partial charge in [0.2, 0.25) is 0 Å². The number of thioether (sulfide) groups is 1. The third-order valence-corrected chi connectivity index (χ3v) is 3.23. The van der Waals surface area contributed by atoms with Gasteiger partial charge in [0.25, 0.3) is 5.24 Å². The van der Waals surface area contributed by atoms with Crippen LogP contribution < -0.4 is 0 Å². The van der Waals surface area contributed by atoms with Crippen LogP contribution in [0, 0.1) is 0 Å². The van der Waals surface area contributed by atoms with E-state index in [9.17, 15) is 4.79 Å². The van der Waals surface area contributed by atoms with Gasteiger partial charge in [-0.15, -0.1) is 0 Å². The molecule has 4 heteroatoms. The van der Waals surface area contributed by atoms with Crippen molar-refractivity contribution in [3.8, 4) is 0 Å². The van der Waals surface area contributed by atoms with Gasteiger partial charge >= 0.3 is 0 Å². The van der Waals surface area contributed by atoms with Crippen molar-refractivity contribution in [2.45, 2.75) is 25.1 Å². The third kappa shape index (κ3) is 1.68. The van der Waals surface area contributed by atoms with Gasteiger partial charge in [0.15, 0.2) is 0 Å². The number of β-amino-alcohol motifs (C(OH)–C–C–N with tert-alkyl or cyclic N) is 1. The van der Waals surface area contributed by atoms with Crippen LogP contribution in [0.5, 0.6) is 0 Å². The summed E-state index contributed by atoms with van der Waals surface area (Å²) in [4.78, 5) is 12.9. The quantitative estimate of drug-likeness (QED) is 0.678. The fraction of sp³-hybridized carbons (Fsp3) is 0.857. The molecule has 0 aromatic carbocycles. The van der Waals surface area contributed by atoms with Crippen LogP contribution in [0.2, 0.25) is 0 Å². The highest BCUT2D eigenvalue weighted by molar-refractivity contribution is 8.14. The van der Waals surface area contributed by atoms with Gasteiger partial charge in [-0.1, -0.05) is 18.7 Å². The predicted octanol–water partition coefficient (Wildman–Crippen LogP) is 0.925. The fourth-order valence-electron chi connectivity index (χ4n) is 1.15. The lowest BCUT2D eigenvalue weighted by molar-refractivity contribution is 0.183. The van der Waals surface area contributed by atoms with E-state index in [0.29, 0.717) is 11.8 Å². The summed E-state index contributed by atoms with van der Waals surface area (Å²) < 4.78 is 0. The highest BCUT2D eigenvalue weighted by atomic mass is 32.2.